The second-order valence-electron chi connectivity index (χ2n) is 6.67. The Hall–Kier alpha value is -1.88. The van der Waals surface area contributed by atoms with Crippen molar-refractivity contribution < 1.29 is 19.1 Å². The Labute approximate surface area is 144 Å². The maximum Gasteiger partial charge on any atom is 0.348 e. The zero-order valence-corrected chi connectivity index (χ0v) is 15.2. The van der Waals surface area contributed by atoms with Crippen LogP contribution in [0.25, 0.3) is 0 Å². The summed E-state index contributed by atoms with van der Waals surface area (Å²) in [6, 6.07) is 9.00. The van der Waals surface area contributed by atoms with Gasteiger partial charge in [0.25, 0.3) is 0 Å². The van der Waals surface area contributed by atoms with Gasteiger partial charge in [0.1, 0.15) is 12.6 Å². The molecule has 134 valence electrons. The minimum absolute atomic E-state index is 0.159. The fourth-order valence-corrected chi connectivity index (χ4v) is 2.28. The summed E-state index contributed by atoms with van der Waals surface area (Å²) in [5.74, 6) is -0.741. The first-order chi connectivity index (χ1) is 11.3. The molecular weight excluding hydrogens is 306 g/mol. The third-order valence-electron chi connectivity index (χ3n) is 3.64. The van der Waals surface area contributed by atoms with Crippen LogP contribution in [0.1, 0.15) is 39.7 Å². The number of likely N-dealkylation sites (N-methyl/N-ethyl adjacent to an activating group) is 1. The average Bonchev–Trinajstić information content (AvgIpc) is 2.55. The third-order valence-corrected chi connectivity index (χ3v) is 3.64. The molecule has 1 N–H and O–H groups in total. The molecule has 0 aliphatic heterocycles. The second-order valence-corrected chi connectivity index (χ2v) is 6.67. The van der Waals surface area contributed by atoms with E-state index in [-0.39, 0.29) is 12.5 Å². The lowest BCUT2D eigenvalue weighted by atomic mass is 10.0. The van der Waals surface area contributed by atoms with Gasteiger partial charge in [-0.2, -0.15) is 0 Å². The molecule has 0 heterocycles. The molecule has 5 nitrogen and oxygen atoms in total. The molecule has 1 aromatic carbocycles. The molecular formula is C19H29NO4. The van der Waals surface area contributed by atoms with Crippen molar-refractivity contribution in [1.29, 1.82) is 0 Å². The van der Waals surface area contributed by atoms with Crippen LogP contribution in [0.3, 0.4) is 0 Å². The van der Waals surface area contributed by atoms with E-state index in [9.17, 15) is 9.59 Å². The van der Waals surface area contributed by atoms with E-state index in [1.807, 2.05) is 58.0 Å². The fraction of sp³-hybridized carbons (Fsp3) is 0.579. The number of hydrogen-bond acceptors (Lipinski definition) is 5. The van der Waals surface area contributed by atoms with Gasteiger partial charge in [0, 0.05) is 5.92 Å². The molecule has 0 aromatic heterocycles. The number of carbonyl (C=O) groups is 2. The van der Waals surface area contributed by atoms with Crippen LogP contribution >= 0.6 is 0 Å². The molecule has 1 aromatic rings. The van der Waals surface area contributed by atoms with E-state index < -0.39 is 24.1 Å². The Balaban J connectivity index is 2.64. The van der Waals surface area contributed by atoms with Crippen molar-refractivity contribution in [3.05, 3.63) is 35.9 Å². The lowest BCUT2D eigenvalue weighted by Crippen LogP contribution is -2.42. The van der Waals surface area contributed by atoms with Crippen LogP contribution in [0.15, 0.2) is 30.3 Å². The van der Waals surface area contributed by atoms with Gasteiger partial charge in [-0.3, -0.25) is 4.79 Å². The van der Waals surface area contributed by atoms with Crippen molar-refractivity contribution in [2.45, 2.75) is 52.9 Å². The van der Waals surface area contributed by atoms with E-state index in [2.05, 4.69) is 5.32 Å². The Morgan fingerprint density at radius 2 is 1.67 bits per heavy atom. The van der Waals surface area contributed by atoms with Crippen LogP contribution in [0.4, 0.5) is 0 Å². The topological polar surface area (TPSA) is 64.6 Å². The zero-order chi connectivity index (χ0) is 18.1. The number of rotatable bonds is 9. The monoisotopic (exact) mass is 335 g/mol. The van der Waals surface area contributed by atoms with Crippen molar-refractivity contribution in [1.82, 2.24) is 5.32 Å². The van der Waals surface area contributed by atoms with Crippen molar-refractivity contribution in [2.24, 2.45) is 11.8 Å². The Bertz CT molecular complexity index is 513. The number of benzene rings is 1. The van der Waals surface area contributed by atoms with E-state index in [4.69, 9.17) is 9.47 Å². The summed E-state index contributed by atoms with van der Waals surface area (Å²) in [6.45, 7) is 7.90. The maximum absolute atomic E-state index is 12.3. The summed E-state index contributed by atoms with van der Waals surface area (Å²) in [4.78, 5) is 24.6. The van der Waals surface area contributed by atoms with Gasteiger partial charge < -0.3 is 14.8 Å². The summed E-state index contributed by atoms with van der Waals surface area (Å²) in [5, 5.41) is 2.95. The van der Waals surface area contributed by atoms with Crippen molar-refractivity contribution in [3.63, 3.8) is 0 Å². The molecule has 1 rings (SSSR count). The van der Waals surface area contributed by atoms with Crippen LogP contribution in [-0.4, -0.2) is 31.1 Å². The van der Waals surface area contributed by atoms with E-state index >= 15 is 0 Å². The Kier molecular flexibility index (Phi) is 8.47. The summed E-state index contributed by atoms with van der Waals surface area (Å²) < 4.78 is 10.8. The molecule has 5 heteroatoms. The first kappa shape index (κ1) is 20.2. The van der Waals surface area contributed by atoms with Gasteiger partial charge in [0.15, 0.2) is 0 Å². The molecule has 0 bridgehead atoms. The van der Waals surface area contributed by atoms with Gasteiger partial charge in [0.05, 0.1) is 0 Å². The van der Waals surface area contributed by atoms with Gasteiger partial charge in [-0.15, -0.1) is 0 Å². The first-order valence-corrected chi connectivity index (χ1v) is 8.43. The fourth-order valence-electron chi connectivity index (χ4n) is 2.28. The Morgan fingerprint density at radius 1 is 1.04 bits per heavy atom. The van der Waals surface area contributed by atoms with Crippen LogP contribution in [0.2, 0.25) is 0 Å². The largest absolute Gasteiger partial charge is 0.458 e. The lowest BCUT2D eigenvalue weighted by molar-refractivity contribution is -0.173. The van der Waals surface area contributed by atoms with Crippen molar-refractivity contribution in [2.75, 3.05) is 7.05 Å². The summed E-state index contributed by atoms with van der Waals surface area (Å²) >= 11 is 0. The zero-order valence-electron chi connectivity index (χ0n) is 15.2. The predicted octanol–water partition coefficient (Wildman–Crippen LogP) is 2.93. The van der Waals surface area contributed by atoms with Crippen LogP contribution in [0.5, 0.6) is 0 Å². The molecule has 0 amide bonds. The highest BCUT2D eigenvalue weighted by molar-refractivity contribution is 5.82. The minimum atomic E-state index is -0.899. The minimum Gasteiger partial charge on any atom is -0.458 e. The quantitative estimate of drug-likeness (QED) is 0.703. The Morgan fingerprint density at radius 3 is 2.17 bits per heavy atom. The standard InChI is InChI=1S/C19H29NO4/c1-13(2)11-16(20-5)18(21)24-17(14(3)4)19(22)23-12-15-9-7-6-8-10-15/h6-10,13-14,16-17,20H,11-12H2,1-5H3/t16-,17?/m0/s1. The number of hydrogen-bond donors (Lipinski definition) is 1. The molecule has 1 unspecified atom stereocenters. The van der Waals surface area contributed by atoms with Crippen LogP contribution in [-0.2, 0) is 25.7 Å². The molecule has 0 aliphatic carbocycles. The number of nitrogens with one attached hydrogen (secondary N) is 1. The van der Waals surface area contributed by atoms with Gasteiger partial charge in [0.2, 0.25) is 6.10 Å². The van der Waals surface area contributed by atoms with E-state index in [1.54, 1.807) is 7.05 Å². The lowest BCUT2D eigenvalue weighted by Gasteiger charge is -2.23. The second kappa shape index (κ2) is 10.1. The van der Waals surface area contributed by atoms with Gasteiger partial charge >= 0.3 is 11.9 Å². The van der Waals surface area contributed by atoms with Crippen molar-refractivity contribution >= 4 is 11.9 Å². The molecule has 0 saturated heterocycles. The SMILES string of the molecule is CN[C@@H](CC(C)C)C(=O)OC(C(=O)OCc1ccccc1)C(C)C. The number of ether oxygens (including phenoxy) is 2. The van der Waals surface area contributed by atoms with Gasteiger partial charge in [-0.1, -0.05) is 58.0 Å². The molecule has 0 radical (unpaired) electrons. The highest BCUT2D eigenvalue weighted by atomic mass is 16.6. The molecule has 0 spiro atoms. The van der Waals surface area contributed by atoms with Gasteiger partial charge in [-0.25, -0.2) is 4.79 Å². The van der Waals surface area contributed by atoms with E-state index in [0.29, 0.717) is 12.3 Å². The summed E-state index contributed by atoms with van der Waals surface area (Å²) in [6.07, 6.45) is -0.247. The highest BCUT2D eigenvalue weighted by Crippen LogP contribution is 2.14. The van der Waals surface area contributed by atoms with E-state index in [1.165, 1.54) is 0 Å². The summed E-state index contributed by atoms with van der Waals surface area (Å²) in [7, 11) is 1.71. The van der Waals surface area contributed by atoms with Crippen LogP contribution in [0, 0.1) is 11.8 Å². The van der Waals surface area contributed by atoms with Gasteiger partial charge in [-0.05, 0) is 24.9 Å². The van der Waals surface area contributed by atoms with E-state index in [0.717, 1.165) is 5.56 Å². The number of esters is 2. The first-order valence-electron chi connectivity index (χ1n) is 8.43. The smallest absolute Gasteiger partial charge is 0.348 e. The third kappa shape index (κ3) is 6.71. The normalized spacial score (nSPS) is 13.6. The molecule has 0 fully saturated rings. The molecule has 24 heavy (non-hydrogen) atoms. The maximum atomic E-state index is 12.3. The number of carbonyl (C=O) groups excluding carboxylic acids is 2. The average molecular weight is 335 g/mol. The molecule has 2 atom stereocenters. The molecule has 0 saturated carbocycles. The molecule has 0 aliphatic rings. The van der Waals surface area contributed by atoms with Crippen molar-refractivity contribution in [3.8, 4) is 0 Å². The predicted molar refractivity (Wildman–Crippen MR) is 93.3 cm³/mol. The highest BCUT2D eigenvalue weighted by Gasteiger charge is 2.31. The van der Waals surface area contributed by atoms with Crippen LogP contribution < -0.4 is 5.32 Å². The summed E-state index contributed by atoms with van der Waals surface area (Å²) in [5.41, 5.74) is 0.896.